The molecule has 0 spiro atoms. The quantitative estimate of drug-likeness (QED) is 0.831. The summed E-state index contributed by atoms with van der Waals surface area (Å²) in [5.41, 5.74) is 7.10. The molecule has 0 fully saturated rings. The zero-order chi connectivity index (χ0) is 12.1. The molecule has 1 aromatic rings. The van der Waals surface area contributed by atoms with Crippen LogP contribution < -0.4 is 5.73 Å². The van der Waals surface area contributed by atoms with E-state index < -0.39 is 0 Å². The summed E-state index contributed by atoms with van der Waals surface area (Å²) < 4.78 is 12.7. The van der Waals surface area contributed by atoms with Crippen LogP contribution in [-0.2, 0) is 6.54 Å². The van der Waals surface area contributed by atoms with Crippen molar-refractivity contribution in [1.82, 2.24) is 4.90 Å². The molecule has 0 aliphatic heterocycles. The molecule has 1 aromatic carbocycles. The third-order valence-electron chi connectivity index (χ3n) is 2.74. The molecular weight excluding hydrogens is 203 g/mol. The molecule has 0 amide bonds. The fourth-order valence-electron chi connectivity index (χ4n) is 1.54. The van der Waals surface area contributed by atoms with E-state index in [4.69, 9.17) is 5.73 Å². The van der Waals surface area contributed by atoms with Gasteiger partial charge in [-0.1, -0.05) is 26.0 Å². The zero-order valence-corrected chi connectivity index (χ0v) is 10.3. The number of hydrogen-bond donors (Lipinski definition) is 1. The van der Waals surface area contributed by atoms with E-state index in [0.29, 0.717) is 5.92 Å². The lowest BCUT2D eigenvalue weighted by atomic mass is 10.1. The number of rotatable bonds is 5. The van der Waals surface area contributed by atoms with E-state index in [0.717, 1.165) is 18.7 Å². The SMILES string of the molecule is CC(C)C(N)CN(C)Cc1ccc(F)cc1. The molecule has 1 unspecified atom stereocenters. The third-order valence-corrected chi connectivity index (χ3v) is 2.74. The topological polar surface area (TPSA) is 29.3 Å². The van der Waals surface area contributed by atoms with Crippen LogP contribution in [0.25, 0.3) is 0 Å². The Hall–Kier alpha value is -0.930. The predicted octanol–water partition coefficient (Wildman–Crippen LogP) is 2.24. The first-order valence-corrected chi connectivity index (χ1v) is 5.67. The number of benzene rings is 1. The van der Waals surface area contributed by atoms with Gasteiger partial charge in [-0.15, -0.1) is 0 Å². The largest absolute Gasteiger partial charge is 0.326 e. The second kappa shape index (κ2) is 5.97. The Bertz CT molecular complexity index is 308. The van der Waals surface area contributed by atoms with Crippen molar-refractivity contribution in [3.8, 4) is 0 Å². The molecule has 0 saturated heterocycles. The molecule has 0 saturated carbocycles. The zero-order valence-electron chi connectivity index (χ0n) is 10.3. The van der Waals surface area contributed by atoms with Crippen molar-refractivity contribution >= 4 is 0 Å². The monoisotopic (exact) mass is 224 g/mol. The van der Waals surface area contributed by atoms with Gasteiger partial charge in [0, 0.05) is 19.1 Å². The van der Waals surface area contributed by atoms with Crippen molar-refractivity contribution < 1.29 is 4.39 Å². The van der Waals surface area contributed by atoms with Crippen LogP contribution in [0.3, 0.4) is 0 Å². The van der Waals surface area contributed by atoms with Crippen molar-refractivity contribution in [2.24, 2.45) is 11.7 Å². The number of hydrogen-bond acceptors (Lipinski definition) is 2. The van der Waals surface area contributed by atoms with Gasteiger partial charge in [-0.3, -0.25) is 0 Å². The van der Waals surface area contributed by atoms with Gasteiger partial charge in [-0.2, -0.15) is 0 Å². The van der Waals surface area contributed by atoms with Gasteiger partial charge < -0.3 is 10.6 Å². The Labute approximate surface area is 97.3 Å². The average molecular weight is 224 g/mol. The lowest BCUT2D eigenvalue weighted by Crippen LogP contribution is -2.38. The molecule has 16 heavy (non-hydrogen) atoms. The van der Waals surface area contributed by atoms with E-state index in [9.17, 15) is 4.39 Å². The molecule has 0 aliphatic carbocycles. The van der Waals surface area contributed by atoms with E-state index in [2.05, 4.69) is 18.7 Å². The summed E-state index contributed by atoms with van der Waals surface area (Å²) in [6, 6.07) is 6.79. The number of nitrogens with two attached hydrogens (primary N) is 1. The van der Waals surface area contributed by atoms with Crippen molar-refractivity contribution in [2.75, 3.05) is 13.6 Å². The van der Waals surface area contributed by atoms with Crippen LogP contribution in [0, 0.1) is 11.7 Å². The van der Waals surface area contributed by atoms with Gasteiger partial charge in [-0.25, -0.2) is 4.39 Å². The Morgan fingerprint density at radius 2 is 1.81 bits per heavy atom. The molecule has 2 nitrogen and oxygen atoms in total. The molecule has 90 valence electrons. The molecular formula is C13H21FN2. The van der Waals surface area contributed by atoms with E-state index in [1.54, 1.807) is 0 Å². The fourth-order valence-corrected chi connectivity index (χ4v) is 1.54. The van der Waals surface area contributed by atoms with Crippen LogP contribution in [0.2, 0.25) is 0 Å². The Morgan fingerprint density at radius 1 is 1.25 bits per heavy atom. The maximum Gasteiger partial charge on any atom is 0.123 e. The molecule has 1 atom stereocenters. The number of nitrogens with zero attached hydrogens (tertiary/aromatic N) is 1. The fraction of sp³-hybridized carbons (Fsp3) is 0.538. The number of halogens is 1. The van der Waals surface area contributed by atoms with E-state index in [1.807, 2.05) is 19.2 Å². The summed E-state index contributed by atoms with van der Waals surface area (Å²) in [6.45, 7) is 5.91. The first kappa shape index (κ1) is 13.1. The Balaban J connectivity index is 2.45. The minimum Gasteiger partial charge on any atom is -0.326 e. The maximum atomic E-state index is 12.7. The summed E-state index contributed by atoms with van der Waals surface area (Å²) in [4.78, 5) is 2.16. The molecule has 0 heterocycles. The molecule has 0 bridgehead atoms. The van der Waals surface area contributed by atoms with Gasteiger partial charge in [0.2, 0.25) is 0 Å². The highest BCUT2D eigenvalue weighted by atomic mass is 19.1. The molecule has 2 N–H and O–H groups in total. The van der Waals surface area contributed by atoms with Gasteiger partial charge in [0.25, 0.3) is 0 Å². The second-order valence-electron chi connectivity index (χ2n) is 4.73. The van der Waals surface area contributed by atoms with Gasteiger partial charge >= 0.3 is 0 Å². The standard InChI is InChI=1S/C13H21FN2/c1-10(2)13(15)9-16(3)8-11-4-6-12(14)7-5-11/h4-7,10,13H,8-9,15H2,1-3H3. The molecule has 3 heteroatoms. The van der Waals surface area contributed by atoms with E-state index in [1.165, 1.54) is 12.1 Å². The molecule has 1 rings (SSSR count). The summed E-state index contributed by atoms with van der Waals surface area (Å²) in [7, 11) is 2.03. The lowest BCUT2D eigenvalue weighted by molar-refractivity contribution is 0.276. The third kappa shape index (κ3) is 4.29. The van der Waals surface area contributed by atoms with Crippen LogP contribution in [0.5, 0.6) is 0 Å². The Morgan fingerprint density at radius 3 is 2.31 bits per heavy atom. The van der Waals surface area contributed by atoms with Crippen LogP contribution in [-0.4, -0.2) is 24.5 Å². The van der Waals surface area contributed by atoms with E-state index >= 15 is 0 Å². The predicted molar refractivity (Wildman–Crippen MR) is 65.5 cm³/mol. The van der Waals surface area contributed by atoms with Crippen LogP contribution in [0.15, 0.2) is 24.3 Å². The van der Waals surface area contributed by atoms with Gasteiger partial charge in [0.15, 0.2) is 0 Å². The van der Waals surface area contributed by atoms with Crippen LogP contribution in [0.1, 0.15) is 19.4 Å². The van der Waals surface area contributed by atoms with Crippen LogP contribution in [0.4, 0.5) is 4.39 Å². The molecule has 0 radical (unpaired) electrons. The Kier molecular flexibility index (Phi) is 4.90. The minimum atomic E-state index is -0.190. The average Bonchev–Trinajstić information content (AvgIpc) is 2.21. The summed E-state index contributed by atoms with van der Waals surface area (Å²) in [6.07, 6.45) is 0. The summed E-state index contributed by atoms with van der Waals surface area (Å²) in [5, 5.41) is 0. The lowest BCUT2D eigenvalue weighted by Gasteiger charge is -2.23. The highest BCUT2D eigenvalue weighted by Crippen LogP contribution is 2.07. The molecule has 0 aromatic heterocycles. The highest BCUT2D eigenvalue weighted by Gasteiger charge is 2.10. The first-order valence-electron chi connectivity index (χ1n) is 5.67. The van der Waals surface area contributed by atoms with Crippen LogP contribution >= 0.6 is 0 Å². The summed E-state index contributed by atoms with van der Waals surface area (Å²) >= 11 is 0. The van der Waals surface area contributed by atoms with Gasteiger partial charge in [0.05, 0.1) is 0 Å². The maximum absolute atomic E-state index is 12.7. The summed E-state index contributed by atoms with van der Waals surface area (Å²) in [5.74, 6) is 0.293. The van der Waals surface area contributed by atoms with Crippen molar-refractivity contribution in [1.29, 1.82) is 0 Å². The van der Waals surface area contributed by atoms with Gasteiger partial charge in [0.1, 0.15) is 5.82 Å². The van der Waals surface area contributed by atoms with Gasteiger partial charge in [-0.05, 0) is 30.7 Å². The second-order valence-corrected chi connectivity index (χ2v) is 4.73. The smallest absolute Gasteiger partial charge is 0.123 e. The first-order chi connectivity index (χ1) is 7.49. The minimum absolute atomic E-state index is 0.186. The normalized spacial score (nSPS) is 13.4. The van der Waals surface area contributed by atoms with E-state index in [-0.39, 0.29) is 11.9 Å². The number of likely N-dealkylation sites (N-methyl/N-ethyl adjacent to an activating group) is 1. The van der Waals surface area contributed by atoms with Crippen molar-refractivity contribution in [3.05, 3.63) is 35.6 Å². The molecule has 0 aliphatic rings. The van der Waals surface area contributed by atoms with Crippen molar-refractivity contribution in [3.63, 3.8) is 0 Å². The van der Waals surface area contributed by atoms with Crippen molar-refractivity contribution in [2.45, 2.75) is 26.4 Å². The highest BCUT2D eigenvalue weighted by molar-refractivity contribution is 5.15.